The van der Waals surface area contributed by atoms with Gasteiger partial charge in [0, 0.05) is 29.8 Å². The van der Waals surface area contributed by atoms with Crippen LogP contribution in [-0.2, 0) is 0 Å². The van der Waals surface area contributed by atoms with E-state index in [1.165, 1.54) is 18.7 Å². The lowest BCUT2D eigenvalue weighted by atomic mass is 10.1. The Labute approximate surface area is 114 Å². The summed E-state index contributed by atoms with van der Waals surface area (Å²) in [6.45, 7) is 7.81. The zero-order valence-electron chi connectivity index (χ0n) is 11.0. The van der Waals surface area contributed by atoms with Crippen LogP contribution in [0, 0.1) is 5.92 Å². The fourth-order valence-corrected chi connectivity index (χ4v) is 1.98. The van der Waals surface area contributed by atoms with E-state index >= 15 is 0 Å². The second kappa shape index (κ2) is 7.72. The average Bonchev–Trinajstić information content (AvgIpc) is 2.31. The molecule has 96 valence electrons. The van der Waals surface area contributed by atoms with E-state index < -0.39 is 0 Å². The molecule has 0 saturated carbocycles. The Kier molecular flexibility index (Phi) is 6.60. The van der Waals surface area contributed by atoms with Gasteiger partial charge in [0.15, 0.2) is 0 Å². The van der Waals surface area contributed by atoms with Crippen molar-refractivity contribution in [1.29, 1.82) is 0 Å². The average molecular weight is 299 g/mol. The van der Waals surface area contributed by atoms with Crippen molar-refractivity contribution >= 4 is 21.6 Å². The zero-order valence-corrected chi connectivity index (χ0v) is 12.6. The molecule has 1 aromatic rings. The molecule has 3 heteroatoms. The smallest absolute Gasteiger partial charge is 0.0341 e. The fraction of sp³-hybridized carbons (Fsp3) is 0.571. The topological polar surface area (TPSA) is 15.3 Å². The molecular formula is C14H23BrN2. The van der Waals surface area contributed by atoms with E-state index in [1.807, 2.05) is 0 Å². The highest BCUT2D eigenvalue weighted by Crippen LogP contribution is 2.13. The maximum absolute atomic E-state index is 3.44. The molecule has 0 bridgehead atoms. The number of nitrogens with one attached hydrogen (secondary N) is 1. The van der Waals surface area contributed by atoms with Gasteiger partial charge in [-0.05, 0) is 37.2 Å². The first-order chi connectivity index (χ1) is 8.11. The summed E-state index contributed by atoms with van der Waals surface area (Å²) in [6, 6.07) is 8.31. The normalized spacial score (nSPS) is 12.8. The number of anilines is 1. The molecule has 0 heterocycles. The predicted molar refractivity (Wildman–Crippen MR) is 79.6 cm³/mol. The maximum Gasteiger partial charge on any atom is 0.0341 e. The molecule has 0 amide bonds. The highest BCUT2D eigenvalue weighted by atomic mass is 79.9. The molecule has 0 aliphatic rings. The summed E-state index contributed by atoms with van der Waals surface area (Å²) in [6.07, 6.45) is 1.25. The Morgan fingerprint density at radius 1 is 1.29 bits per heavy atom. The van der Waals surface area contributed by atoms with Crippen LogP contribution in [0.5, 0.6) is 0 Å². The highest BCUT2D eigenvalue weighted by molar-refractivity contribution is 9.10. The van der Waals surface area contributed by atoms with Gasteiger partial charge in [-0.15, -0.1) is 0 Å². The van der Waals surface area contributed by atoms with E-state index in [4.69, 9.17) is 0 Å². The summed E-state index contributed by atoms with van der Waals surface area (Å²) >= 11 is 3.44. The molecule has 1 unspecified atom stereocenters. The summed E-state index contributed by atoms with van der Waals surface area (Å²) in [7, 11) is 2.19. The summed E-state index contributed by atoms with van der Waals surface area (Å²) in [5.41, 5.74) is 1.19. The van der Waals surface area contributed by atoms with E-state index in [9.17, 15) is 0 Å². The van der Waals surface area contributed by atoms with E-state index in [-0.39, 0.29) is 0 Å². The summed E-state index contributed by atoms with van der Waals surface area (Å²) in [4.78, 5) is 2.39. The van der Waals surface area contributed by atoms with Gasteiger partial charge >= 0.3 is 0 Å². The molecule has 1 atom stereocenters. The molecule has 1 N–H and O–H groups in total. The standard InChI is InChI=1S/C14H23BrN2/c1-4-12(2)11-17(3)10-9-16-14-7-5-13(15)6-8-14/h5-8,12,16H,4,9-11H2,1-3H3. The Bertz CT molecular complexity index is 311. The van der Waals surface area contributed by atoms with Crippen LogP contribution >= 0.6 is 15.9 Å². The van der Waals surface area contributed by atoms with Crippen LogP contribution in [0.4, 0.5) is 5.69 Å². The van der Waals surface area contributed by atoms with Crippen molar-refractivity contribution in [3.63, 3.8) is 0 Å². The number of nitrogens with zero attached hydrogens (tertiary/aromatic N) is 1. The minimum Gasteiger partial charge on any atom is -0.384 e. The van der Waals surface area contributed by atoms with Gasteiger partial charge in [0.05, 0.1) is 0 Å². The number of hydrogen-bond acceptors (Lipinski definition) is 2. The van der Waals surface area contributed by atoms with Crippen LogP contribution in [-0.4, -0.2) is 31.6 Å². The number of likely N-dealkylation sites (N-methyl/N-ethyl adjacent to an activating group) is 1. The largest absolute Gasteiger partial charge is 0.384 e. The SMILES string of the molecule is CCC(C)CN(C)CCNc1ccc(Br)cc1. The first-order valence-electron chi connectivity index (χ1n) is 6.29. The van der Waals surface area contributed by atoms with Crippen molar-refractivity contribution in [2.75, 3.05) is 32.0 Å². The van der Waals surface area contributed by atoms with E-state index in [2.05, 4.69) is 71.3 Å². The Morgan fingerprint density at radius 2 is 1.94 bits per heavy atom. The van der Waals surface area contributed by atoms with Gasteiger partial charge in [-0.1, -0.05) is 36.2 Å². The lowest BCUT2D eigenvalue weighted by Gasteiger charge is -2.20. The molecule has 0 aromatic heterocycles. The van der Waals surface area contributed by atoms with Gasteiger partial charge in [0.1, 0.15) is 0 Å². The van der Waals surface area contributed by atoms with E-state index in [0.717, 1.165) is 23.5 Å². The third-order valence-electron chi connectivity index (χ3n) is 2.99. The van der Waals surface area contributed by atoms with Crippen molar-refractivity contribution < 1.29 is 0 Å². The van der Waals surface area contributed by atoms with Crippen LogP contribution in [0.25, 0.3) is 0 Å². The Hall–Kier alpha value is -0.540. The molecule has 17 heavy (non-hydrogen) atoms. The summed E-state index contributed by atoms with van der Waals surface area (Å²) < 4.78 is 1.12. The first-order valence-corrected chi connectivity index (χ1v) is 7.09. The van der Waals surface area contributed by atoms with Crippen LogP contribution in [0.3, 0.4) is 0 Å². The van der Waals surface area contributed by atoms with Crippen molar-refractivity contribution in [3.8, 4) is 0 Å². The molecule has 0 spiro atoms. The molecule has 2 nitrogen and oxygen atoms in total. The van der Waals surface area contributed by atoms with Crippen molar-refractivity contribution in [2.45, 2.75) is 20.3 Å². The Morgan fingerprint density at radius 3 is 2.53 bits per heavy atom. The molecule has 1 aromatic carbocycles. The van der Waals surface area contributed by atoms with E-state index in [0.29, 0.717) is 0 Å². The van der Waals surface area contributed by atoms with Gasteiger partial charge in [0.2, 0.25) is 0 Å². The molecule has 0 radical (unpaired) electrons. The number of hydrogen-bond donors (Lipinski definition) is 1. The second-order valence-corrected chi connectivity index (χ2v) is 5.63. The minimum atomic E-state index is 0.785. The van der Waals surface area contributed by atoms with Crippen LogP contribution in [0.15, 0.2) is 28.7 Å². The Balaban J connectivity index is 2.21. The quantitative estimate of drug-likeness (QED) is 0.823. The minimum absolute atomic E-state index is 0.785. The first kappa shape index (κ1) is 14.5. The molecular weight excluding hydrogens is 276 g/mol. The van der Waals surface area contributed by atoms with Crippen molar-refractivity contribution in [1.82, 2.24) is 4.90 Å². The van der Waals surface area contributed by atoms with Crippen LogP contribution in [0.1, 0.15) is 20.3 Å². The molecule has 0 fully saturated rings. The fourth-order valence-electron chi connectivity index (χ4n) is 1.71. The van der Waals surface area contributed by atoms with Gasteiger partial charge in [0.25, 0.3) is 0 Å². The summed E-state index contributed by atoms with van der Waals surface area (Å²) in [5, 5.41) is 3.43. The third-order valence-corrected chi connectivity index (χ3v) is 3.52. The molecule has 1 rings (SSSR count). The van der Waals surface area contributed by atoms with Gasteiger partial charge in [-0.25, -0.2) is 0 Å². The lowest BCUT2D eigenvalue weighted by Crippen LogP contribution is -2.29. The highest BCUT2D eigenvalue weighted by Gasteiger charge is 2.03. The number of benzene rings is 1. The monoisotopic (exact) mass is 298 g/mol. The molecule has 0 aliphatic carbocycles. The third kappa shape index (κ3) is 6.08. The van der Waals surface area contributed by atoms with Gasteiger partial charge in [-0.2, -0.15) is 0 Å². The van der Waals surface area contributed by atoms with E-state index in [1.54, 1.807) is 0 Å². The lowest BCUT2D eigenvalue weighted by molar-refractivity contribution is 0.291. The molecule has 0 aliphatic heterocycles. The zero-order chi connectivity index (χ0) is 12.7. The summed E-state index contributed by atoms with van der Waals surface area (Å²) in [5.74, 6) is 0.785. The second-order valence-electron chi connectivity index (χ2n) is 4.71. The number of halogens is 1. The van der Waals surface area contributed by atoms with Crippen LogP contribution < -0.4 is 5.32 Å². The van der Waals surface area contributed by atoms with Gasteiger partial charge in [-0.3, -0.25) is 0 Å². The van der Waals surface area contributed by atoms with Crippen LogP contribution in [0.2, 0.25) is 0 Å². The van der Waals surface area contributed by atoms with Crippen molar-refractivity contribution in [3.05, 3.63) is 28.7 Å². The number of rotatable bonds is 7. The predicted octanol–water partition coefficient (Wildman–Crippen LogP) is 3.84. The maximum atomic E-state index is 3.44. The molecule has 0 saturated heterocycles. The van der Waals surface area contributed by atoms with Gasteiger partial charge < -0.3 is 10.2 Å². The van der Waals surface area contributed by atoms with Crippen molar-refractivity contribution in [2.24, 2.45) is 5.92 Å².